The number of hydrogen-bond acceptors (Lipinski definition) is 4. The van der Waals surface area contributed by atoms with Crippen molar-refractivity contribution in [3.63, 3.8) is 0 Å². The van der Waals surface area contributed by atoms with Crippen LogP contribution in [-0.2, 0) is 6.42 Å². The molecule has 0 bridgehead atoms. The maximum absolute atomic E-state index is 11.7. The summed E-state index contributed by atoms with van der Waals surface area (Å²) in [6, 6.07) is 3.49. The Labute approximate surface area is 129 Å². The minimum Gasteiger partial charge on any atom is -0.484 e. The first kappa shape index (κ1) is 14.5. The van der Waals surface area contributed by atoms with Gasteiger partial charge in [-0.3, -0.25) is 0 Å². The highest BCUT2D eigenvalue weighted by Gasteiger charge is 2.31. The molecule has 0 saturated heterocycles. The lowest BCUT2D eigenvalue weighted by atomic mass is 9.92. The summed E-state index contributed by atoms with van der Waals surface area (Å²) in [5.41, 5.74) is 1.60. The first-order valence-corrected chi connectivity index (χ1v) is 7.27. The maximum Gasteiger partial charge on any atom is 0.336 e. The Hall–Kier alpha value is -2.41. The van der Waals surface area contributed by atoms with Gasteiger partial charge in [-0.25, -0.2) is 4.79 Å². The summed E-state index contributed by atoms with van der Waals surface area (Å²) in [5.74, 6) is 3.50. The Bertz CT molecular complexity index is 837. The van der Waals surface area contributed by atoms with Crippen molar-refractivity contribution >= 4 is 11.0 Å². The zero-order valence-corrected chi connectivity index (χ0v) is 13.0. The molecule has 0 N–H and O–H groups in total. The van der Waals surface area contributed by atoms with Gasteiger partial charge >= 0.3 is 5.63 Å². The van der Waals surface area contributed by atoms with Crippen molar-refractivity contribution in [3.05, 3.63) is 33.7 Å². The molecule has 1 aliphatic heterocycles. The third-order valence-electron chi connectivity index (χ3n) is 3.90. The molecule has 2 aromatic rings. The summed E-state index contributed by atoms with van der Waals surface area (Å²) in [4.78, 5) is 11.7. The van der Waals surface area contributed by atoms with Crippen molar-refractivity contribution in [2.24, 2.45) is 0 Å². The number of rotatable bonds is 2. The van der Waals surface area contributed by atoms with Gasteiger partial charge in [-0.15, -0.1) is 6.42 Å². The van der Waals surface area contributed by atoms with Crippen LogP contribution in [0.25, 0.3) is 11.0 Å². The van der Waals surface area contributed by atoms with Crippen LogP contribution in [-0.4, -0.2) is 12.2 Å². The maximum atomic E-state index is 11.7. The summed E-state index contributed by atoms with van der Waals surface area (Å²) in [5, 5.41) is 0.855. The summed E-state index contributed by atoms with van der Waals surface area (Å²) < 4.78 is 17.1. The molecule has 0 aliphatic carbocycles. The molecule has 0 spiro atoms. The molecular weight excluding hydrogens is 280 g/mol. The van der Waals surface area contributed by atoms with Crippen LogP contribution in [0.2, 0.25) is 0 Å². The number of terminal acetylenes is 1. The summed E-state index contributed by atoms with van der Waals surface area (Å²) >= 11 is 0. The van der Waals surface area contributed by atoms with Crippen LogP contribution in [0.5, 0.6) is 11.5 Å². The first-order valence-electron chi connectivity index (χ1n) is 7.27. The second-order valence-electron chi connectivity index (χ2n) is 6.17. The number of benzene rings is 1. The smallest absolute Gasteiger partial charge is 0.336 e. The lowest BCUT2D eigenvalue weighted by Gasteiger charge is -2.33. The fourth-order valence-corrected chi connectivity index (χ4v) is 2.76. The van der Waals surface area contributed by atoms with Gasteiger partial charge in [0.1, 0.15) is 12.2 Å². The molecule has 0 saturated carbocycles. The fourth-order valence-electron chi connectivity index (χ4n) is 2.76. The third kappa shape index (κ3) is 2.43. The normalized spacial score (nSPS) is 15.7. The molecule has 0 unspecified atom stereocenters. The molecule has 114 valence electrons. The molecule has 4 heteroatoms. The molecular formula is C18H18O4. The molecule has 0 amide bonds. The fraction of sp³-hybridized carbons (Fsp3) is 0.389. The van der Waals surface area contributed by atoms with E-state index in [1.165, 1.54) is 6.07 Å². The van der Waals surface area contributed by atoms with E-state index in [-0.39, 0.29) is 12.2 Å². The molecule has 3 rings (SSSR count). The number of aryl methyl sites for hydroxylation is 2. The minimum atomic E-state index is -0.412. The van der Waals surface area contributed by atoms with Crippen LogP contribution in [0.15, 0.2) is 21.3 Å². The van der Waals surface area contributed by atoms with Gasteiger partial charge in [0.2, 0.25) is 5.75 Å². The van der Waals surface area contributed by atoms with Crippen LogP contribution < -0.4 is 15.1 Å². The molecule has 4 nitrogen and oxygen atoms in total. The van der Waals surface area contributed by atoms with Crippen molar-refractivity contribution in [2.45, 2.75) is 39.2 Å². The molecule has 0 fully saturated rings. The van der Waals surface area contributed by atoms with E-state index >= 15 is 0 Å². The van der Waals surface area contributed by atoms with Gasteiger partial charge in [-0.2, -0.15) is 0 Å². The van der Waals surface area contributed by atoms with Gasteiger partial charge in [-0.05, 0) is 50.8 Å². The quantitative estimate of drug-likeness (QED) is 0.631. The highest BCUT2D eigenvalue weighted by atomic mass is 16.5. The molecule has 2 heterocycles. The van der Waals surface area contributed by atoms with Gasteiger partial charge in [0, 0.05) is 11.5 Å². The van der Waals surface area contributed by atoms with Gasteiger partial charge in [0.05, 0.1) is 0 Å². The highest BCUT2D eigenvalue weighted by Crippen LogP contribution is 2.45. The predicted octanol–water partition coefficient (Wildman–Crippen LogP) is 3.22. The largest absolute Gasteiger partial charge is 0.484 e. The van der Waals surface area contributed by atoms with E-state index in [1.807, 2.05) is 26.8 Å². The minimum absolute atomic E-state index is 0.0903. The molecule has 1 aromatic heterocycles. The molecule has 0 atom stereocenters. The Morgan fingerprint density at radius 3 is 2.91 bits per heavy atom. The van der Waals surface area contributed by atoms with E-state index in [0.717, 1.165) is 29.4 Å². The number of hydrogen-bond donors (Lipinski definition) is 0. The van der Waals surface area contributed by atoms with Gasteiger partial charge < -0.3 is 13.9 Å². The van der Waals surface area contributed by atoms with Crippen LogP contribution in [0, 0.1) is 19.3 Å². The van der Waals surface area contributed by atoms with E-state index in [0.29, 0.717) is 17.1 Å². The Balaban J connectivity index is 2.32. The van der Waals surface area contributed by atoms with Crippen LogP contribution in [0.3, 0.4) is 0 Å². The van der Waals surface area contributed by atoms with E-state index in [2.05, 4.69) is 5.92 Å². The molecule has 1 aliphatic rings. The summed E-state index contributed by atoms with van der Waals surface area (Å²) in [6.07, 6.45) is 7.09. The van der Waals surface area contributed by atoms with Crippen molar-refractivity contribution in [3.8, 4) is 23.8 Å². The first-order chi connectivity index (χ1) is 10.4. The van der Waals surface area contributed by atoms with Crippen LogP contribution in [0.1, 0.15) is 31.4 Å². The zero-order chi connectivity index (χ0) is 15.9. The lowest BCUT2D eigenvalue weighted by molar-refractivity contribution is 0.0800. The summed E-state index contributed by atoms with van der Waals surface area (Å²) in [7, 11) is 0. The van der Waals surface area contributed by atoms with Gasteiger partial charge in [0.15, 0.2) is 11.3 Å². The Kier molecular flexibility index (Phi) is 3.37. The predicted molar refractivity (Wildman–Crippen MR) is 84.6 cm³/mol. The van der Waals surface area contributed by atoms with Crippen molar-refractivity contribution in [1.29, 1.82) is 0 Å². The van der Waals surface area contributed by atoms with Crippen molar-refractivity contribution in [1.82, 2.24) is 0 Å². The molecule has 1 aromatic carbocycles. The third-order valence-corrected chi connectivity index (χ3v) is 3.90. The van der Waals surface area contributed by atoms with E-state index in [9.17, 15) is 4.79 Å². The lowest BCUT2D eigenvalue weighted by Crippen LogP contribution is -2.32. The van der Waals surface area contributed by atoms with E-state index in [4.69, 9.17) is 20.3 Å². The Morgan fingerprint density at radius 2 is 2.18 bits per heavy atom. The Morgan fingerprint density at radius 1 is 1.41 bits per heavy atom. The number of ether oxygens (including phenoxy) is 2. The van der Waals surface area contributed by atoms with Crippen LogP contribution in [0.4, 0.5) is 0 Å². The topological polar surface area (TPSA) is 48.7 Å². The monoisotopic (exact) mass is 298 g/mol. The highest BCUT2D eigenvalue weighted by molar-refractivity contribution is 5.89. The van der Waals surface area contributed by atoms with Crippen LogP contribution >= 0.6 is 0 Å². The van der Waals surface area contributed by atoms with E-state index < -0.39 is 5.63 Å². The van der Waals surface area contributed by atoms with Crippen molar-refractivity contribution in [2.75, 3.05) is 6.61 Å². The SMILES string of the molecule is C#CCOc1c2c(cc3c(C)cc(=O)oc13)CCC(C)(C)O2. The second-order valence-corrected chi connectivity index (χ2v) is 6.17. The molecule has 22 heavy (non-hydrogen) atoms. The standard InChI is InChI=1S/C18H18O4/c1-5-8-20-17-15-12(6-7-18(3,4)22-15)10-13-11(2)9-14(19)21-16(13)17/h1,9-10H,6-8H2,2-4H3. The van der Waals surface area contributed by atoms with E-state index in [1.54, 1.807) is 0 Å². The zero-order valence-electron chi connectivity index (χ0n) is 13.0. The number of fused-ring (bicyclic) bond motifs is 2. The van der Waals surface area contributed by atoms with Crippen molar-refractivity contribution < 1.29 is 13.9 Å². The summed E-state index contributed by atoms with van der Waals surface area (Å²) in [6.45, 7) is 6.02. The average molecular weight is 298 g/mol. The second kappa shape index (κ2) is 5.10. The molecule has 0 radical (unpaired) electrons. The van der Waals surface area contributed by atoms with Gasteiger partial charge in [-0.1, -0.05) is 5.92 Å². The van der Waals surface area contributed by atoms with Gasteiger partial charge in [0.25, 0.3) is 0 Å². The average Bonchev–Trinajstić information content (AvgIpc) is 2.44.